The van der Waals surface area contributed by atoms with Crippen molar-refractivity contribution in [3.8, 4) is 5.75 Å². The van der Waals surface area contributed by atoms with Gasteiger partial charge in [0.05, 0.1) is 7.11 Å². The molecule has 0 aliphatic rings. The summed E-state index contributed by atoms with van der Waals surface area (Å²) in [7, 11) is -0.296. The molecule has 2 N–H and O–H groups in total. The summed E-state index contributed by atoms with van der Waals surface area (Å²) in [6.07, 6.45) is 0. The van der Waals surface area contributed by atoms with Crippen LogP contribution in [0.5, 0.6) is 5.75 Å². The van der Waals surface area contributed by atoms with Crippen LogP contribution in [0.4, 0.5) is 0 Å². The molecule has 0 radical (unpaired) electrons. The number of benzene rings is 1. The first-order valence-electron chi connectivity index (χ1n) is 6.51. The maximum Gasteiger partial charge on any atom is 0.244 e. The maximum absolute atomic E-state index is 12.4. The third-order valence-electron chi connectivity index (χ3n) is 2.69. The van der Waals surface area contributed by atoms with E-state index in [0.29, 0.717) is 18.8 Å². The fourth-order valence-corrected chi connectivity index (χ4v) is 3.14. The number of nitrogens with one attached hydrogen (secondary N) is 2. The zero-order valence-corrected chi connectivity index (χ0v) is 13.6. The Hall–Kier alpha value is -1.11. The second-order valence-electron chi connectivity index (χ2n) is 5.90. The molecule has 0 aliphatic carbocycles. The minimum atomic E-state index is -3.58. The number of rotatable bonds is 6. The van der Waals surface area contributed by atoms with Crippen molar-refractivity contribution in [2.75, 3.05) is 20.7 Å². The van der Waals surface area contributed by atoms with Gasteiger partial charge in [0.15, 0.2) is 0 Å². The Kier molecular flexibility index (Phi) is 5.56. The predicted molar refractivity (Wildman–Crippen MR) is 80.4 cm³/mol. The molecule has 0 bridgehead atoms. The van der Waals surface area contributed by atoms with Crippen molar-refractivity contribution in [1.82, 2.24) is 10.0 Å². The van der Waals surface area contributed by atoms with Crippen molar-refractivity contribution in [1.29, 1.82) is 0 Å². The molecule has 6 heteroatoms. The summed E-state index contributed by atoms with van der Waals surface area (Å²) in [4.78, 5) is 0.178. The molecular formula is C14H24N2O3S. The lowest BCUT2D eigenvalue weighted by atomic mass is 9.98. The fraction of sp³-hybridized carbons (Fsp3) is 0.571. The smallest absolute Gasteiger partial charge is 0.244 e. The average Bonchev–Trinajstić information content (AvgIpc) is 2.36. The molecule has 114 valence electrons. The van der Waals surface area contributed by atoms with Crippen LogP contribution in [0.15, 0.2) is 23.1 Å². The van der Waals surface area contributed by atoms with Gasteiger partial charge in [0, 0.05) is 13.1 Å². The van der Waals surface area contributed by atoms with Gasteiger partial charge < -0.3 is 10.1 Å². The Morgan fingerprint density at radius 1 is 1.25 bits per heavy atom. The van der Waals surface area contributed by atoms with Crippen molar-refractivity contribution in [2.45, 2.75) is 32.2 Å². The predicted octanol–water partition coefficient (Wildman–Crippen LogP) is 1.74. The van der Waals surface area contributed by atoms with Gasteiger partial charge in [-0.1, -0.05) is 26.8 Å². The molecule has 0 atom stereocenters. The lowest BCUT2D eigenvalue weighted by molar-refractivity contribution is 0.396. The van der Waals surface area contributed by atoms with Gasteiger partial charge in [-0.05, 0) is 30.2 Å². The Balaban J connectivity index is 3.11. The van der Waals surface area contributed by atoms with Crippen molar-refractivity contribution in [3.05, 3.63) is 23.8 Å². The van der Waals surface area contributed by atoms with Gasteiger partial charge in [-0.3, -0.25) is 0 Å². The topological polar surface area (TPSA) is 67.4 Å². The average molecular weight is 300 g/mol. The lowest BCUT2D eigenvalue weighted by Gasteiger charge is -2.19. The molecule has 0 unspecified atom stereocenters. The summed E-state index contributed by atoms with van der Waals surface area (Å²) < 4.78 is 32.6. The molecule has 1 aromatic rings. The Labute approximate surface area is 121 Å². The van der Waals surface area contributed by atoms with E-state index < -0.39 is 10.0 Å². The van der Waals surface area contributed by atoms with Crippen LogP contribution in [-0.4, -0.2) is 29.1 Å². The Bertz CT molecular complexity index is 548. The maximum atomic E-state index is 12.4. The highest BCUT2D eigenvalue weighted by Crippen LogP contribution is 2.25. The Morgan fingerprint density at radius 2 is 1.90 bits per heavy atom. The van der Waals surface area contributed by atoms with Gasteiger partial charge in [0.1, 0.15) is 10.6 Å². The van der Waals surface area contributed by atoms with Crippen LogP contribution < -0.4 is 14.8 Å². The first-order chi connectivity index (χ1) is 9.19. The van der Waals surface area contributed by atoms with Gasteiger partial charge in [0.2, 0.25) is 10.0 Å². The summed E-state index contributed by atoms with van der Waals surface area (Å²) >= 11 is 0. The minimum absolute atomic E-state index is 0.122. The minimum Gasteiger partial charge on any atom is -0.495 e. The van der Waals surface area contributed by atoms with Crippen LogP contribution in [0.3, 0.4) is 0 Å². The normalized spacial score (nSPS) is 12.4. The number of hydrogen-bond donors (Lipinski definition) is 2. The van der Waals surface area contributed by atoms with Gasteiger partial charge in [-0.15, -0.1) is 0 Å². The van der Waals surface area contributed by atoms with Gasteiger partial charge in [0.25, 0.3) is 0 Å². The zero-order chi connectivity index (χ0) is 15.4. The molecule has 20 heavy (non-hydrogen) atoms. The molecule has 0 spiro atoms. The SMILES string of the molecule is CNCc1ccc(OC)c(S(=O)(=O)NCC(C)(C)C)c1. The molecule has 0 saturated heterocycles. The Morgan fingerprint density at radius 3 is 2.40 bits per heavy atom. The molecule has 0 saturated carbocycles. The van der Waals surface area contributed by atoms with E-state index in [1.807, 2.05) is 33.9 Å². The molecule has 0 fully saturated rings. The standard InChI is InChI=1S/C14H24N2O3S/c1-14(2,3)10-16-20(17,18)13-8-11(9-15-4)6-7-12(13)19-5/h6-8,15-16H,9-10H2,1-5H3. The van der Waals surface area contributed by atoms with Crippen molar-refractivity contribution < 1.29 is 13.2 Å². The van der Waals surface area contributed by atoms with Crippen molar-refractivity contribution in [3.63, 3.8) is 0 Å². The molecular weight excluding hydrogens is 276 g/mol. The van der Waals surface area contributed by atoms with E-state index in [-0.39, 0.29) is 10.3 Å². The number of methoxy groups -OCH3 is 1. The molecule has 1 aromatic carbocycles. The molecule has 0 aromatic heterocycles. The fourth-order valence-electron chi connectivity index (χ4n) is 1.63. The summed E-state index contributed by atoms with van der Waals surface area (Å²) in [6, 6.07) is 5.16. The number of ether oxygens (including phenoxy) is 1. The van der Waals surface area contributed by atoms with E-state index >= 15 is 0 Å². The molecule has 0 aliphatic heterocycles. The van der Waals surface area contributed by atoms with E-state index in [4.69, 9.17) is 4.74 Å². The van der Waals surface area contributed by atoms with E-state index in [9.17, 15) is 8.42 Å². The van der Waals surface area contributed by atoms with E-state index in [0.717, 1.165) is 5.56 Å². The molecule has 1 rings (SSSR count). The number of sulfonamides is 1. The van der Waals surface area contributed by atoms with Crippen LogP contribution in [0.2, 0.25) is 0 Å². The monoisotopic (exact) mass is 300 g/mol. The van der Waals surface area contributed by atoms with E-state index in [1.54, 1.807) is 12.1 Å². The van der Waals surface area contributed by atoms with Gasteiger partial charge in [-0.25, -0.2) is 13.1 Å². The zero-order valence-electron chi connectivity index (χ0n) is 12.8. The van der Waals surface area contributed by atoms with E-state index in [1.165, 1.54) is 7.11 Å². The highest BCUT2D eigenvalue weighted by atomic mass is 32.2. The van der Waals surface area contributed by atoms with Crippen LogP contribution >= 0.6 is 0 Å². The third kappa shape index (κ3) is 4.77. The highest BCUT2D eigenvalue weighted by molar-refractivity contribution is 7.89. The van der Waals surface area contributed by atoms with Gasteiger partial charge >= 0.3 is 0 Å². The van der Waals surface area contributed by atoms with Crippen molar-refractivity contribution >= 4 is 10.0 Å². The van der Waals surface area contributed by atoms with Crippen LogP contribution in [0.25, 0.3) is 0 Å². The molecule has 0 heterocycles. The van der Waals surface area contributed by atoms with E-state index in [2.05, 4.69) is 10.0 Å². The van der Waals surface area contributed by atoms with Crippen LogP contribution in [0, 0.1) is 5.41 Å². The molecule has 5 nitrogen and oxygen atoms in total. The lowest BCUT2D eigenvalue weighted by Crippen LogP contribution is -2.32. The summed E-state index contributed by atoms with van der Waals surface area (Å²) in [5.74, 6) is 0.353. The highest BCUT2D eigenvalue weighted by Gasteiger charge is 2.22. The molecule has 0 amide bonds. The second kappa shape index (κ2) is 6.56. The summed E-state index contributed by atoms with van der Waals surface area (Å²) in [5.41, 5.74) is 0.771. The third-order valence-corrected chi connectivity index (χ3v) is 4.11. The first-order valence-corrected chi connectivity index (χ1v) is 7.99. The second-order valence-corrected chi connectivity index (χ2v) is 7.64. The summed E-state index contributed by atoms with van der Waals surface area (Å²) in [5, 5.41) is 3.00. The quantitative estimate of drug-likeness (QED) is 0.840. The first kappa shape index (κ1) is 16.9. The summed E-state index contributed by atoms with van der Waals surface area (Å²) in [6.45, 7) is 6.90. The number of hydrogen-bond acceptors (Lipinski definition) is 4. The van der Waals surface area contributed by atoms with Crippen molar-refractivity contribution in [2.24, 2.45) is 5.41 Å². The van der Waals surface area contributed by atoms with Gasteiger partial charge in [-0.2, -0.15) is 0 Å². The van der Waals surface area contributed by atoms with Crippen LogP contribution in [0.1, 0.15) is 26.3 Å². The van der Waals surface area contributed by atoms with Crippen LogP contribution in [-0.2, 0) is 16.6 Å². The largest absolute Gasteiger partial charge is 0.495 e.